The highest BCUT2D eigenvalue weighted by Gasteiger charge is 2.23. The summed E-state index contributed by atoms with van der Waals surface area (Å²) in [6, 6.07) is 12.9. The van der Waals surface area contributed by atoms with E-state index in [1.165, 1.54) is 5.56 Å². The Morgan fingerprint density at radius 2 is 1.69 bits per heavy atom. The van der Waals surface area contributed by atoms with Crippen LogP contribution in [0.2, 0.25) is 5.02 Å². The van der Waals surface area contributed by atoms with E-state index >= 15 is 0 Å². The molecular formula is C26H30ClNO4. The summed E-state index contributed by atoms with van der Waals surface area (Å²) in [4.78, 5) is 24.3. The van der Waals surface area contributed by atoms with Crippen LogP contribution in [0.15, 0.2) is 42.5 Å². The number of fused-ring (bicyclic) bond motifs is 1. The van der Waals surface area contributed by atoms with Gasteiger partial charge in [0.2, 0.25) is 0 Å². The number of phenolic OH excluding ortho intramolecular Hbond substituents is 1. The zero-order valence-corrected chi connectivity index (χ0v) is 19.4. The highest BCUT2D eigenvalue weighted by Crippen LogP contribution is 2.31. The number of carboxylic acids is 1. The molecule has 5 nitrogen and oxygen atoms in total. The smallest absolute Gasteiger partial charge is 0.303 e. The maximum atomic E-state index is 13.2. The normalized spacial score (nSPS) is 12.2. The second kappa shape index (κ2) is 10.7. The van der Waals surface area contributed by atoms with Gasteiger partial charge < -0.3 is 14.8 Å². The van der Waals surface area contributed by atoms with Crippen molar-refractivity contribution in [2.75, 3.05) is 0 Å². The number of aromatic nitrogens is 1. The number of Topliss-reactive ketones (excluding diaryl/α,β-unsaturated/α-hetero) is 1. The molecule has 0 bridgehead atoms. The lowest BCUT2D eigenvalue weighted by Gasteiger charge is -2.11. The van der Waals surface area contributed by atoms with Crippen LogP contribution in [0.5, 0.6) is 5.75 Å². The highest BCUT2D eigenvalue weighted by atomic mass is 35.5. The summed E-state index contributed by atoms with van der Waals surface area (Å²) >= 11 is 6.23. The summed E-state index contributed by atoms with van der Waals surface area (Å²) in [5.41, 5.74) is 3.83. The molecule has 170 valence electrons. The molecule has 2 aromatic carbocycles. The number of carbonyl (C=O) groups excluding carboxylic acids is 1. The summed E-state index contributed by atoms with van der Waals surface area (Å²) < 4.78 is 2.07. The number of ketones is 1. The van der Waals surface area contributed by atoms with Gasteiger partial charge >= 0.3 is 5.97 Å². The molecule has 0 aliphatic heterocycles. The zero-order chi connectivity index (χ0) is 23.3. The van der Waals surface area contributed by atoms with Crippen LogP contribution in [-0.2, 0) is 24.7 Å². The third-order valence-electron chi connectivity index (χ3n) is 5.93. The van der Waals surface area contributed by atoms with E-state index in [-0.39, 0.29) is 30.3 Å². The minimum Gasteiger partial charge on any atom is -0.508 e. The third kappa shape index (κ3) is 5.92. The number of carboxylic acid groups (broad SMARTS) is 1. The van der Waals surface area contributed by atoms with Crippen LogP contribution in [-0.4, -0.2) is 26.5 Å². The Bertz CT molecular complexity index is 1100. The Kier molecular flexibility index (Phi) is 7.97. The van der Waals surface area contributed by atoms with E-state index in [0.29, 0.717) is 10.6 Å². The van der Waals surface area contributed by atoms with E-state index in [0.717, 1.165) is 48.7 Å². The van der Waals surface area contributed by atoms with Gasteiger partial charge in [0.15, 0.2) is 5.78 Å². The summed E-state index contributed by atoms with van der Waals surface area (Å²) in [5, 5.41) is 19.9. The van der Waals surface area contributed by atoms with Gasteiger partial charge in [-0.15, -0.1) is 0 Å². The lowest BCUT2D eigenvalue weighted by atomic mass is 9.94. The number of rotatable bonds is 11. The molecule has 1 aromatic heterocycles. The molecule has 0 amide bonds. The first-order chi connectivity index (χ1) is 15.3. The minimum absolute atomic E-state index is 0.0225. The van der Waals surface area contributed by atoms with E-state index in [1.54, 1.807) is 19.1 Å². The molecule has 3 aromatic rings. The molecule has 0 fully saturated rings. The Balaban J connectivity index is 1.73. The predicted molar refractivity (Wildman–Crippen MR) is 128 cm³/mol. The SMILES string of the molecule is CC(CC(=O)O)CC(=O)c1c(CCCCCc2ccc(O)cc2)n(C)c2ccc(Cl)cc12. The van der Waals surface area contributed by atoms with E-state index in [9.17, 15) is 14.7 Å². The van der Waals surface area contributed by atoms with Gasteiger partial charge in [-0.05, 0) is 67.5 Å². The van der Waals surface area contributed by atoms with Crippen molar-refractivity contribution >= 4 is 34.3 Å². The molecule has 6 heteroatoms. The van der Waals surface area contributed by atoms with Gasteiger partial charge in [0.1, 0.15) is 5.75 Å². The van der Waals surface area contributed by atoms with Crippen LogP contribution < -0.4 is 0 Å². The molecule has 1 heterocycles. The van der Waals surface area contributed by atoms with Crippen molar-refractivity contribution in [2.24, 2.45) is 13.0 Å². The van der Waals surface area contributed by atoms with Gasteiger partial charge in [0, 0.05) is 47.1 Å². The fourth-order valence-electron chi connectivity index (χ4n) is 4.32. The largest absolute Gasteiger partial charge is 0.508 e. The average molecular weight is 456 g/mol. The molecule has 0 saturated heterocycles. The lowest BCUT2D eigenvalue weighted by Crippen LogP contribution is -2.12. The molecule has 0 saturated carbocycles. The van der Waals surface area contributed by atoms with Gasteiger partial charge in [0.05, 0.1) is 0 Å². The Labute approximate surface area is 193 Å². The number of hydrogen-bond acceptors (Lipinski definition) is 3. The molecule has 0 aliphatic carbocycles. The maximum absolute atomic E-state index is 13.2. The molecule has 2 N–H and O–H groups in total. The topological polar surface area (TPSA) is 79.5 Å². The van der Waals surface area contributed by atoms with Crippen LogP contribution >= 0.6 is 11.6 Å². The van der Waals surface area contributed by atoms with Crippen molar-refractivity contribution in [2.45, 2.75) is 51.9 Å². The molecule has 3 rings (SSSR count). The van der Waals surface area contributed by atoms with Gasteiger partial charge in [-0.25, -0.2) is 0 Å². The van der Waals surface area contributed by atoms with Crippen molar-refractivity contribution in [3.05, 3.63) is 64.3 Å². The number of benzene rings is 2. The number of nitrogens with zero attached hydrogens (tertiary/aromatic N) is 1. The number of carbonyl (C=O) groups is 2. The number of halogens is 1. The monoisotopic (exact) mass is 455 g/mol. The number of hydrogen-bond donors (Lipinski definition) is 2. The molecule has 32 heavy (non-hydrogen) atoms. The predicted octanol–water partition coefficient (Wildman–Crippen LogP) is 6.18. The van der Waals surface area contributed by atoms with Crippen molar-refractivity contribution in [1.29, 1.82) is 0 Å². The van der Waals surface area contributed by atoms with Gasteiger partial charge in [-0.3, -0.25) is 9.59 Å². The van der Waals surface area contributed by atoms with E-state index in [1.807, 2.05) is 37.4 Å². The van der Waals surface area contributed by atoms with E-state index in [2.05, 4.69) is 4.57 Å². The fraction of sp³-hybridized carbons (Fsp3) is 0.385. The number of aromatic hydroxyl groups is 1. The Hall–Kier alpha value is -2.79. The molecule has 0 aliphatic rings. The van der Waals surface area contributed by atoms with Gasteiger partial charge in [-0.2, -0.15) is 0 Å². The van der Waals surface area contributed by atoms with Crippen molar-refractivity contribution < 1.29 is 19.8 Å². The van der Waals surface area contributed by atoms with E-state index < -0.39 is 5.97 Å². The second-order valence-electron chi connectivity index (χ2n) is 8.60. The second-order valence-corrected chi connectivity index (χ2v) is 9.04. The van der Waals surface area contributed by atoms with Crippen molar-refractivity contribution in [3.8, 4) is 5.75 Å². The summed E-state index contributed by atoms with van der Waals surface area (Å²) in [7, 11) is 1.97. The Morgan fingerprint density at radius 3 is 2.38 bits per heavy atom. The summed E-state index contributed by atoms with van der Waals surface area (Å²) in [6.45, 7) is 1.80. The van der Waals surface area contributed by atoms with Crippen LogP contribution in [0.4, 0.5) is 0 Å². The van der Waals surface area contributed by atoms with Crippen molar-refractivity contribution in [1.82, 2.24) is 4.57 Å². The fourth-order valence-corrected chi connectivity index (χ4v) is 4.50. The molecule has 1 unspecified atom stereocenters. The summed E-state index contributed by atoms with van der Waals surface area (Å²) in [5.74, 6) is -0.863. The average Bonchev–Trinajstić information content (AvgIpc) is 2.99. The Morgan fingerprint density at radius 1 is 1.00 bits per heavy atom. The number of unbranched alkanes of at least 4 members (excludes halogenated alkanes) is 2. The molecule has 1 atom stereocenters. The maximum Gasteiger partial charge on any atom is 0.303 e. The van der Waals surface area contributed by atoms with Gasteiger partial charge in [-0.1, -0.05) is 37.1 Å². The number of aryl methyl sites for hydroxylation is 2. The highest BCUT2D eigenvalue weighted by molar-refractivity contribution is 6.31. The van der Waals surface area contributed by atoms with Crippen LogP contribution in [0.3, 0.4) is 0 Å². The molecular weight excluding hydrogens is 426 g/mol. The van der Waals surface area contributed by atoms with Crippen molar-refractivity contribution in [3.63, 3.8) is 0 Å². The standard InChI is InChI=1S/C26H30ClNO4/c1-17(15-25(31)32)14-24(30)26-21-16-19(27)10-13-22(21)28(2)23(26)7-5-3-4-6-18-8-11-20(29)12-9-18/h8-13,16-17,29H,3-7,14-15H2,1-2H3,(H,31,32). The zero-order valence-electron chi connectivity index (χ0n) is 18.6. The molecule has 0 radical (unpaired) electrons. The quantitative estimate of drug-likeness (QED) is 0.267. The summed E-state index contributed by atoms with van der Waals surface area (Å²) in [6.07, 6.45) is 4.89. The van der Waals surface area contributed by atoms with Crippen LogP contribution in [0, 0.1) is 5.92 Å². The van der Waals surface area contributed by atoms with Gasteiger partial charge in [0.25, 0.3) is 0 Å². The number of aliphatic carboxylic acids is 1. The third-order valence-corrected chi connectivity index (χ3v) is 6.17. The lowest BCUT2D eigenvalue weighted by molar-refractivity contribution is -0.137. The minimum atomic E-state index is -0.889. The first-order valence-corrected chi connectivity index (χ1v) is 11.4. The van der Waals surface area contributed by atoms with Crippen LogP contribution in [0.1, 0.15) is 60.6 Å². The number of phenols is 1. The first-order valence-electron chi connectivity index (χ1n) is 11.1. The van der Waals surface area contributed by atoms with E-state index in [4.69, 9.17) is 16.7 Å². The van der Waals surface area contributed by atoms with Crippen LogP contribution in [0.25, 0.3) is 10.9 Å². The first kappa shape index (κ1) is 23.9. The molecule has 0 spiro atoms.